The van der Waals surface area contributed by atoms with Gasteiger partial charge in [-0.3, -0.25) is 14.9 Å². The SMILES string of the molecule is O=C1NC(=O)[C@]2(CCN(C(=O)[C@@H]3C[C@@H]3c3cccc(F)c3F)C2)N1. The summed E-state index contributed by atoms with van der Waals surface area (Å²) in [6, 6.07) is 3.41. The molecule has 4 amide bonds. The second kappa shape index (κ2) is 4.99. The monoisotopic (exact) mass is 335 g/mol. The second-order valence-electron chi connectivity index (χ2n) is 6.59. The first-order valence-electron chi connectivity index (χ1n) is 7.77. The molecular formula is C16H15F2N3O3. The third-order valence-electron chi connectivity index (χ3n) is 5.08. The van der Waals surface area contributed by atoms with Crippen molar-refractivity contribution in [2.45, 2.75) is 24.3 Å². The van der Waals surface area contributed by atoms with Crippen molar-refractivity contribution >= 4 is 17.8 Å². The highest BCUT2D eigenvalue weighted by Crippen LogP contribution is 2.50. The third kappa shape index (κ3) is 2.16. The molecule has 1 aliphatic carbocycles. The van der Waals surface area contributed by atoms with Gasteiger partial charge in [0.25, 0.3) is 5.91 Å². The maximum absolute atomic E-state index is 13.8. The van der Waals surface area contributed by atoms with Crippen LogP contribution in [0.1, 0.15) is 24.3 Å². The zero-order chi connectivity index (χ0) is 17.1. The molecule has 0 unspecified atom stereocenters. The lowest BCUT2D eigenvalue weighted by Gasteiger charge is -2.21. The molecule has 1 aromatic rings. The molecule has 0 aromatic heterocycles. The number of halogens is 2. The molecule has 6 nitrogen and oxygen atoms in total. The van der Waals surface area contributed by atoms with Crippen LogP contribution in [0.2, 0.25) is 0 Å². The highest BCUT2D eigenvalue weighted by molar-refractivity contribution is 6.07. The fraction of sp³-hybridized carbons (Fsp3) is 0.438. The highest BCUT2D eigenvalue weighted by atomic mass is 19.2. The number of urea groups is 1. The van der Waals surface area contributed by atoms with Crippen LogP contribution in [-0.4, -0.2) is 41.4 Å². The average molecular weight is 335 g/mol. The quantitative estimate of drug-likeness (QED) is 0.788. The number of carbonyl (C=O) groups excluding carboxylic acids is 3. The second-order valence-corrected chi connectivity index (χ2v) is 6.59. The molecule has 4 rings (SSSR count). The molecule has 8 heteroatoms. The maximum Gasteiger partial charge on any atom is 0.322 e. The molecule has 2 heterocycles. The van der Waals surface area contributed by atoms with Crippen molar-refractivity contribution in [3.8, 4) is 0 Å². The van der Waals surface area contributed by atoms with E-state index in [2.05, 4.69) is 10.6 Å². The number of nitrogens with zero attached hydrogens (tertiary/aromatic N) is 1. The molecule has 1 saturated carbocycles. The molecular weight excluding hydrogens is 320 g/mol. The van der Waals surface area contributed by atoms with Gasteiger partial charge in [0.2, 0.25) is 5.91 Å². The van der Waals surface area contributed by atoms with E-state index in [1.807, 2.05) is 0 Å². The van der Waals surface area contributed by atoms with Crippen LogP contribution in [0.5, 0.6) is 0 Å². The Morgan fingerprint density at radius 2 is 2.08 bits per heavy atom. The molecule has 3 fully saturated rings. The van der Waals surface area contributed by atoms with Crippen LogP contribution in [0.3, 0.4) is 0 Å². The molecule has 3 atom stereocenters. The first-order chi connectivity index (χ1) is 11.4. The number of rotatable bonds is 2. The molecule has 2 N–H and O–H groups in total. The van der Waals surface area contributed by atoms with Gasteiger partial charge >= 0.3 is 6.03 Å². The minimum absolute atomic E-state index is 0.109. The summed E-state index contributed by atoms with van der Waals surface area (Å²) in [5.41, 5.74) is -0.838. The van der Waals surface area contributed by atoms with E-state index in [-0.39, 0.29) is 23.9 Å². The fourth-order valence-electron chi connectivity index (χ4n) is 3.67. The maximum atomic E-state index is 13.8. The Labute approximate surface area is 136 Å². The van der Waals surface area contributed by atoms with E-state index >= 15 is 0 Å². The van der Waals surface area contributed by atoms with Crippen LogP contribution in [0.15, 0.2) is 18.2 Å². The molecule has 126 valence electrons. The molecule has 2 saturated heterocycles. The van der Waals surface area contributed by atoms with Crippen LogP contribution in [0.4, 0.5) is 13.6 Å². The van der Waals surface area contributed by atoms with Crippen molar-refractivity contribution in [3.63, 3.8) is 0 Å². The van der Waals surface area contributed by atoms with E-state index in [1.165, 1.54) is 17.0 Å². The van der Waals surface area contributed by atoms with Gasteiger partial charge < -0.3 is 10.2 Å². The van der Waals surface area contributed by atoms with Crippen LogP contribution in [0, 0.1) is 17.6 Å². The predicted molar refractivity (Wildman–Crippen MR) is 77.8 cm³/mol. The number of hydrogen-bond acceptors (Lipinski definition) is 3. The van der Waals surface area contributed by atoms with Crippen LogP contribution < -0.4 is 10.6 Å². The van der Waals surface area contributed by atoms with E-state index in [4.69, 9.17) is 0 Å². The minimum atomic E-state index is -1.05. The number of carbonyl (C=O) groups is 3. The highest BCUT2D eigenvalue weighted by Gasteiger charge is 2.54. The smallest absolute Gasteiger partial charge is 0.322 e. The zero-order valence-electron chi connectivity index (χ0n) is 12.6. The number of likely N-dealkylation sites (tertiary alicyclic amines) is 1. The molecule has 1 spiro atoms. The van der Waals surface area contributed by atoms with Gasteiger partial charge in [-0.1, -0.05) is 12.1 Å². The number of amides is 4. The summed E-state index contributed by atoms with van der Waals surface area (Å²) >= 11 is 0. The first-order valence-corrected chi connectivity index (χ1v) is 7.77. The molecule has 3 aliphatic rings. The lowest BCUT2D eigenvalue weighted by molar-refractivity contribution is -0.132. The summed E-state index contributed by atoms with van der Waals surface area (Å²) in [5.74, 6) is -3.18. The van der Waals surface area contributed by atoms with Gasteiger partial charge in [-0.05, 0) is 30.4 Å². The Morgan fingerprint density at radius 1 is 1.29 bits per heavy atom. The standard InChI is InChI=1S/C16H15F2N3O3/c17-11-3-1-2-8(12(11)18)9-6-10(9)13(22)21-5-4-16(7-21)14(23)19-15(24)20-16/h1-3,9-10H,4-7H2,(H2,19,20,23,24)/t9-,10-,16-/m1/s1. The van der Waals surface area contributed by atoms with E-state index in [0.717, 1.165) is 6.07 Å². The van der Waals surface area contributed by atoms with Gasteiger partial charge in [-0.25, -0.2) is 13.6 Å². The van der Waals surface area contributed by atoms with E-state index in [0.29, 0.717) is 19.4 Å². The number of imide groups is 1. The van der Waals surface area contributed by atoms with Gasteiger partial charge in [0.05, 0.1) is 6.54 Å². The first kappa shape index (κ1) is 15.0. The van der Waals surface area contributed by atoms with E-state index in [9.17, 15) is 23.2 Å². The largest absolute Gasteiger partial charge is 0.339 e. The van der Waals surface area contributed by atoms with Gasteiger partial charge in [0.15, 0.2) is 11.6 Å². The minimum Gasteiger partial charge on any atom is -0.339 e. The molecule has 0 radical (unpaired) electrons. The lowest BCUT2D eigenvalue weighted by Crippen LogP contribution is -2.49. The summed E-state index contributed by atoms with van der Waals surface area (Å²) in [5, 5.41) is 4.76. The van der Waals surface area contributed by atoms with Crippen molar-refractivity contribution < 1.29 is 23.2 Å². The van der Waals surface area contributed by atoms with Crippen molar-refractivity contribution in [2.24, 2.45) is 5.92 Å². The van der Waals surface area contributed by atoms with E-state index < -0.39 is 35.0 Å². The summed E-state index contributed by atoms with van der Waals surface area (Å²) in [7, 11) is 0. The lowest BCUT2D eigenvalue weighted by atomic mass is 9.99. The Morgan fingerprint density at radius 3 is 2.79 bits per heavy atom. The van der Waals surface area contributed by atoms with Gasteiger partial charge in [-0.15, -0.1) is 0 Å². The average Bonchev–Trinajstić information content (AvgIpc) is 3.13. The van der Waals surface area contributed by atoms with Gasteiger partial charge in [0.1, 0.15) is 5.54 Å². The summed E-state index contributed by atoms with van der Waals surface area (Å²) in [6.07, 6.45) is 0.809. The third-order valence-corrected chi connectivity index (χ3v) is 5.08. The summed E-state index contributed by atoms with van der Waals surface area (Å²) in [6.45, 7) is 0.458. The summed E-state index contributed by atoms with van der Waals surface area (Å²) < 4.78 is 27.2. The Kier molecular flexibility index (Phi) is 3.13. The van der Waals surface area contributed by atoms with Crippen LogP contribution >= 0.6 is 0 Å². The van der Waals surface area contributed by atoms with Crippen LogP contribution in [-0.2, 0) is 9.59 Å². The van der Waals surface area contributed by atoms with Crippen molar-refractivity contribution in [1.82, 2.24) is 15.5 Å². The van der Waals surface area contributed by atoms with Gasteiger partial charge in [0, 0.05) is 12.5 Å². The molecule has 24 heavy (non-hydrogen) atoms. The number of benzene rings is 1. The molecule has 1 aromatic carbocycles. The molecule has 0 bridgehead atoms. The predicted octanol–water partition coefficient (Wildman–Crippen LogP) is 0.879. The van der Waals surface area contributed by atoms with Gasteiger partial charge in [-0.2, -0.15) is 0 Å². The molecule has 2 aliphatic heterocycles. The Hall–Kier alpha value is -2.51. The number of nitrogens with one attached hydrogen (secondary N) is 2. The van der Waals surface area contributed by atoms with E-state index in [1.54, 1.807) is 0 Å². The Balaban J connectivity index is 1.46. The Bertz CT molecular complexity index is 769. The van der Waals surface area contributed by atoms with Crippen LogP contribution in [0.25, 0.3) is 0 Å². The van der Waals surface area contributed by atoms with Crippen molar-refractivity contribution in [3.05, 3.63) is 35.4 Å². The number of hydrogen-bond donors (Lipinski definition) is 2. The van der Waals surface area contributed by atoms with Crippen molar-refractivity contribution in [1.29, 1.82) is 0 Å². The zero-order valence-corrected chi connectivity index (χ0v) is 12.6. The topological polar surface area (TPSA) is 78.5 Å². The normalized spacial score (nSPS) is 31.3. The fourth-order valence-corrected chi connectivity index (χ4v) is 3.67. The van der Waals surface area contributed by atoms with Crippen molar-refractivity contribution in [2.75, 3.05) is 13.1 Å². The summed E-state index contributed by atoms with van der Waals surface area (Å²) in [4.78, 5) is 37.3.